The maximum atomic E-state index is 6.03. The molecule has 1 N–H and O–H groups in total. The lowest BCUT2D eigenvalue weighted by Gasteiger charge is -2.36. The minimum atomic E-state index is 0.0647. The number of ether oxygens (including phenoxy) is 2. The van der Waals surface area contributed by atoms with Crippen LogP contribution in [0.5, 0.6) is 5.75 Å². The number of methoxy groups -OCH3 is 1. The van der Waals surface area contributed by atoms with Gasteiger partial charge in [-0.3, -0.25) is 4.90 Å². The van der Waals surface area contributed by atoms with E-state index in [9.17, 15) is 0 Å². The zero-order valence-corrected chi connectivity index (χ0v) is 18.1. The van der Waals surface area contributed by atoms with E-state index in [0.717, 1.165) is 36.8 Å². The monoisotopic (exact) mass is 416 g/mol. The van der Waals surface area contributed by atoms with Crippen molar-refractivity contribution in [2.24, 2.45) is 0 Å². The van der Waals surface area contributed by atoms with Gasteiger partial charge in [-0.25, -0.2) is 0 Å². The molecule has 0 fully saturated rings. The highest BCUT2D eigenvalue weighted by Crippen LogP contribution is 2.42. The van der Waals surface area contributed by atoms with Crippen LogP contribution in [-0.4, -0.2) is 30.1 Å². The fourth-order valence-electron chi connectivity index (χ4n) is 4.73. The molecule has 2 aromatic heterocycles. The Morgan fingerprint density at radius 3 is 2.71 bits per heavy atom. The molecular weight excluding hydrogens is 388 g/mol. The van der Waals surface area contributed by atoms with E-state index in [1.165, 1.54) is 27.7 Å². The Labute approximate surface area is 182 Å². The molecule has 5 rings (SSSR count). The van der Waals surface area contributed by atoms with Gasteiger partial charge in [0, 0.05) is 35.8 Å². The van der Waals surface area contributed by atoms with Gasteiger partial charge in [-0.05, 0) is 43.2 Å². The van der Waals surface area contributed by atoms with Gasteiger partial charge in [-0.15, -0.1) is 0 Å². The number of hydrogen-bond acceptors (Lipinski definition) is 4. The minimum absolute atomic E-state index is 0.0647. The third kappa shape index (κ3) is 3.75. The Bertz CT molecular complexity index is 1180. The maximum absolute atomic E-state index is 6.03. The summed E-state index contributed by atoms with van der Waals surface area (Å²) in [6.45, 7) is 4.83. The highest BCUT2D eigenvalue weighted by atomic mass is 16.5. The second-order valence-electron chi connectivity index (χ2n) is 7.96. The van der Waals surface area contributed by atoms with Crippen LogP contribution in [0.2, 0.25) is 0 Å². The summed E-state index contributed by atoms with van der Waals surface area (Å²) in [4.78, 5) is 6.20. The van der Waals surface area contributed by atoms with Gasteiger partial charge in [0.15, 0.2) is 0 Å². The number of para-hydroxylation sites is 2. The smallest absolute Gasteiger partial charge is 0.129 e. The van der Waals surface area contributed by atoms with Gasteiger partial charge in [-0.1, -0.05) is 36.4 Å². The molecule has 1 unspecified atom stereocenters. The Kier molecular flexibility index (Phi) is 5.53. The summed E-state index contributed by atoms with van der Waals surface area (Å²) in [5.41, 5.74) is 5.03. The molecular formula is C26H28N2O3. The Hall–Kier alpha value is -3.02. The van der Waals surface area contributed by atoms with Gasteiger partial charge in [-0.2, -0.15) is 0 Å². The average Bonchev–Trinajstić information content (AvgIpc) is 3.39. The van der Waals surface area contributed by atoms with Crippen LogP contribution in [0.4, 0.5) is 0 Å². The fraction of sp³-hybridized carbons (Fsp3) is 0.308. The number of benzene rings is 2. The van der Waals surface area contributed by atoms with Crippen LogP contribution >= 0.6 is 0 Å². The van der Waals surface area contributed by atoms with E-state index >= 15 is 0 Å². The van der Waals surface area contributed by atoms with Crippen molar-refractivity contribution in [3.63, 3.8) is 0 Å². The van der Waals surface area contributed by atoms with E-state index in [2.05, 4.69) is 58.4 Å². The molecule has 0 saturated heterocycles. The van der Waals surface area contributed by atoms with E-state index in [1.807, 2.05) is 19.1 Å². The van der Waals surface area contributed by atoms with Crippen LogP contribution in [-0.2, 0) is 24.3 Å². The Morgan fingerprint density at radius 2 is 1.84 bits per heavy atom. The van der Waals surface area contributed by atoms with Gasteiger partial charge in [0.05, 0.1) is 19.2 Å². The van der Waals surface area contributed by atoms with Crippen molar-refractivity contribution in [3.8, 4) is 5.75 Å². The summed E-state index contributed by atoms with van der Waals surface area (Å²) < 4.78 is 17.3. The second-order valence-corrected chi connectivity index (χ2v) is 7.96. The lowest BCUT2D eigenvalue weighted by molar-refractivity contribution is 0.152. The number of aromatic nitrogens is 1. The number of furan rings is 1. The van der Waals surface area contributed by atoms with Crippen molar-refractivity contribution in [3.05, 3.63) is 89.0 Å². The summed E-state index contributed by atoms with van der Waals surface area (Å²) >= 11 is 0. The maximum Gasteiger partial charge on any atom is 0.129 e. The summed E-state index contributed by atoms with van der Waals surface area (Å²) in [6.07, 6.45) is 0.998. The molecule has 1 aliphatic heterocycles. The van der Waals surface area contributed by atoms with E-state index in [-0.39, 0.29) is 6.04 Å². The van der Waals surface area contributed by atoms with Crippen molar-refractivity contribution < 1.29 is 13.9 Å². The first-order valence-corrected chi connectivity index (χ1v) is 10.9. The first-order valence-electron chi connectivity index (χ1n) is 10.9. The topological polar surface area (TPSA) is 50.6 Å². The van der Waals surface area contributed by atoms with Crippen LogP contribution in [0.1, 0.15) is 41.3 Å². The third-order valence-electron chi connectivity index (χ3n) is 6.01. The molecule has 1 aliphatic rings. The number of aromatic amines is 1. The molecule has 0 saturated carbocycles. The normalized spacial score (nSPS) is 16.5. The van der Waals surface area contributed by atoms with Crippen molar-refractivity contribution in [2.75, 3.05) is 20.3 Å². The fourth-order valence-corrected chi connectivity index (χ4v) is 4.73. The van der Waals surface area contributed by atoms with E-state index < -0.39 is 0 Å². The Balaban J connectivity index is 1.59. The predicted molar refractivity (Wildman–Crippen MR) is 121 cm³/mol. The van der Waals surface area contributed by atoms with E-state index in [1.54, 1.807) is 7.11 Å². The molecule has 0 aliphatic carbocycles. The van der Waals surface area contributed by atoms with Crippen molar-refractivity contribution >= 4 is 10.9 Å². The quantitative estimate of drug-likeness (QED) is 0.435. The molecule has 0 amide bonds. The molecule has 0 spiro atoms. The molecule has 4 aromatic rings. The van der Waals surface area contributed by atoms with Gasteiger partial charge < -0.3 is 18.9 Å². The number of fused-ring (bicyclic) bond motifs is 3. The zero-order chi connectivity index (χ0) is 21.2. The number of rotatable bonds is 7. The molecule has 5 heteroatoms. The largest absolute Gasteiger partial charge is 0.494 e. The van der Waals surface area contributed by atoms with Gasteiger partial charge >= 0.3 is 0 Å². The molecule has 0 bridgehead atoms. The number of nitrogens with zero attached hydrogens (tertiary/aromatic N) is 1. The summed E-state index contributed by atoms with van der Waals surface area (Å²) in [6, 6.07) is 21.1. The molecule has 31 heavy (non-hydrogen) atoms. The first-order chi connectivity index (χ1) is 15.3. The molecule has 3 heterocycles. The van der Waals surface area contributed by atoms with Crippen LogP contribution in [0.15, 0.2) is 65.1 Å². The Morgan fingerprint density at radius 1 is 1.03 bits per heavy atom. The highest BCUT2D eigenvalue weighted by Gasteiger charge is 2.33. The van der Waals surface area contributed by atoms with Crippen LogP contribution in [0, 0.1) is 0 Å². The average molecular weight is 417 g/mol. The van der Waals surface area contributed by atoms with Crippen LogP contribution in [0.3, 0.4) is 0 Å². The third-order valence-corrected chi connectivity index (χ3v) is 6.01. The standard InChI is InChI=1S/C26H28N2O3/c1-3-30-24-11-7-5-9-22(24)26-25-21(20-8-4-6-10-23(20)27-25)14-15-28(26)16-18-12-13-19(31-18)17-29-2/h4-13,26-27H,3,14-17H2,1-2H3. The van der Waals surface area contributed by atoms with Gasteiger partial charge in [0.2, 0.25) is 0 Å². The lowest BCUT2D eigenvalue weighted by Crippen LogP contribution is -2.35. The van der Waals surface area contributed by atoms with Gasteiger partial charge in [0.25, 0.3) is 0 Å². The lowest BCUT2D eigenvalue weighted by atomic mass is 9.91. The first kappa shape index (κ1) is 19.9. The van der Waals surface area contributed by atoms with Crippen LogP contribution < -0.4 is 4.74 Å². The van der Waals surface area contributed by atoms with Crippen molar-refractivity contribution in [1.82, 2.24) is 9.88 Å². The number of H-pyrrole nitrogens is 1. The van der Waals surface area contributed by atoms with E-state index in [0.29, 0.717) is 13.2 Å². The summed E-state index contributed by atoms with van der Waals surface area (Å²) in [5, 5.41) is 1.32. The number of hydrogen-bond donors (Lipinski definition) is 1. The van der Waals surface area contributed by atoms with Crippen molar-refractivity contribution in [2.45, 2.75) is 32.5 Å². The van der Waals surface area contributed by atoms with E-state index in [4.69, 9.17) is 13.9 Å². The second kappa shape index (κ2) is 8.61. The molecule has 5 nitrogen and oxygen atoms in total. The van der Waals surface area contributed by atoms with Crippen LogP contribution in [0.25, 0.3) is 10.9 Å². The molecule has 160 valence electrons. The summed E-state index contributed by atoms with van der Waals surface area (Å²) in [7, 11) is 1.69. The predicted octanol–water partition coefficient (Wildman–Crippen LogP) is 5.45. The zero-order valence-electron chi connectivity index (χ0n) is 18.1. The summed E-state index contributed by atoms with van der Waals surface area (Å²) in [5.74, 6) is 2.74. The SMILES string of the molecule is CCOc1ccccc1C1c2[nH]c3ccccc3c2CCN1Cc1ccc(COC)o1. The molecule has 0 radical (unpaired) electrons. The molecule has 1 atom stereocenters. The minimum Gasteiger partial charge on any atom is -0.494 e. The van der Waals surface area contributed by atoms with Crippen molar-refractivity contribution in [1.29, 1.82) is 0 Å². The highest BCUT2D eigenvalue weighted by molar-refractivity contribution is 5.85. The number of nitrogens with one attached hydrogen (secondary N) is 1. The molecule has 2 aromatic carbocycles. The van der Waals surface area contributed by atoms with Gasteiger partial charge in [0.1, 0.15) is 23.9 Å².